The van der Waals surface area contributed by atoms with Gasteiger partial charge in [-0.05, 0) is 55.5 Å². The van der Waals surface area contributed by atoms with Gasteiger partial charge in [-0.2, -0.15) is 0 Å². The Labute approximate surface area is 101 Å². The lowest BCUT2D eigenvalue weighted by Gasteiger charge is -2.45. The Morgan fingerprint density at radius 1 is 1.29 bits per heavy atom. The molecular weight excluding hydrogens is 220 g/mol. The SMILES string of the molecule is CCC1C(NC)CC1c1cc(F)c(C)cc1F. The molecule has 0 amide bonds. The van der Waals surface area contributed by atoms with Crippen LogP contribution in [0.4, 0.5) is 8.78 Å². The van der Waals surface area contributed by atoms with Crippen LogP contribution in [0.25, 0.3) is 0 Å². The summed E-state index contributed by atoms with van der Waals surface area (Å²) < 4.78 is 27.4. The second kappa shape index (κ2) is 4.73. The van der Waals surface area contributed by atoms with Gasteiger partial charge in [0.2, 0.25) is 0 Å². The lowest BCUT2D eigenvalue weighted by molar-refractivity contribution is 0.165. The highest BCUT2D eigenvalue weighted by Crippen LogP contribution is 2.45. The van der Waals surface area contributed by atoms with Gasteiger partial charge in [0.15, 0.2) is 0 Å². The Balaban J connectivity index is 2.27. The van der Waals surface area contributed by atoms with E-state index in [1.54, 1.807) is 6.92 Å². The maximum Gasteiger partial charge on any atom is 0.127 e. The summed E-state index contributed by atoms with van der Waals surface area (Å²) in [4.78, 5) is 0. The van der Waals surface area contributed by atoms with Crippen molar-refractivity contribution < 1.29 is 8.78 Å². The van der Waals surface area contributed by atoms with Gasteiger partial charge in [0, 0.05) is 6.04 Å². The molecule has 1 N–H and O–H groups in total. The highest BCUT2D eigenvalue weighted by Gasteiger charge is 2.40. The Morgan fingerprint density at radius 2 is 2.00 bits per heavy atom. The van der Waals surface area contributed by atoms with Gasteiger partial charge in [-0.25, -0.2) is 8.78 Å². The van der Waals surface area contributed by atoms with E-state index >= 15 is 0 Å². The molecule has 0 heterocycles. The van der Waals surface area contributed by atoms with Crippen molar-refractivity contribution in [1.29, 1.82) is 0 Å². The molecule has 3 unspecified atom stereocenters. The number of hydrogen-bond acceptors (Lipinski definition) is 1. The van der Waals surface area contributed by atoms with E-state index in [2.05, 4.69) is 12.2 Å². The molecule has 0 spiro atoms. The second-order valence-corrected chi connectivity index (χ2v) is 4.93. The fourth-order valence-electron chi connectivity index (χ4n) is 2.91. The molecule has 0 aliphatic heterocycles. The minimum absolute atomic E-state index is 0.160. The van der Waals surface area contributed by atoms with Crippen LogP contribution in [0, 0.1) is 24.5 Å². The fraction of sp³-hybridized carbons (Fsp3) is 0.571. The van der Waals surface area contributed by atoms with Crippen molar-refractivity contribution in [3.63, 3.8) is 0 Å². The molecule has 1 fully saturated rings. The van der Waals surface area contributed by atoms with Gasteiger partial charge in [0.25, 0.3) is 0 Å². The minimum Gasteiger partial charge on any atom is -0.317 e. The normalized spacial score (nSPS) is 27.9. The monoisotopic (exact) mass is 239 g/mol. The number of rotatable bonds is 3. The van der Waals surface area contributed by atoms with Crippen LogP contribution in [0.3, 0.4) is 0 Å². The topological polar surface area (TPSA) is 12.0 Å². The summed E-state index contributed by atoms with van der Waals surface area (Å²) in [5.74, 6) is 0.00946. The van der Waals surface area contributed by atoms with E-state index in [-0.39, 0.29) is 17.6 Å². The first-order chi connectivity index (χ1) is 8.08. The van der Waals surface area contributed by atoms with E-state index in [0.29, 0.717) is 23.1 Å². The van der Waals surface area contributed by atoms with Crippen LogP contribution < -0.4 is 5.32 Å². The van der Waals surface area contributed by atoms with Crippen LogP contribution in [0.15, 0.2) is 12.1 Å². The standard InChI is InChI=1S/C14H19F2N/c1-4-9-10(7-14(9)17-3)11-6-12(15)8(2)5-13(11)16/h5-6,9-10,14,17H,4,7H2,1-3H3. The van der Waals surface area contributed by atoms with Crippen molar-refractivity contribution in [2.45, 2.75) is 38.6 Å². The lowest BCUT2D eigenvalue weighted by atomic mass is 9.65. The molecule has 94 valence electrons. The Hall–Kier alpha value is -0.960. The largest absolute Gasteiger partial charge is 0.317 e. The van der Waals surface area contributed by atoms with E-state index < -0.39 is 0 Å². The number of nitrogens with one attached hydrogen (secondary N) is 1. The zero-order valence-corrected chi connectivity index (χ0v) is 10.6. The smallest absolute Gasteiger partial charge is 0.127 e. The van der Waals surface area contributed by atoms with Gasteiger partial charge < -0.3 is 5.32 Å². The van der Waals surface area contributed by atoms with Crippen molar-refractivity contribution in [1.82, 2.24) is 5.32 Å². The first kappa shape index (κ1) is 12.5. The molecule has 1 aromatic carbocycles. The maximum absolute atomic E-state index is 13.9. The van der Waals surface area contributed by atoms with Crippen LogP contribution >= 0.6 is 0 Å². The van der Waals surface area contributed by atoms with Gasteiger partial charge in [0.05, 0.1) is 0 Å². The molecule has 3 atom stereocenters. The molecule has 3 heteroatoms. The van der Waals surface area contributed by atoms with Gasteiger partial charge in [-0.1, -0.05) is 13.3 Å². The first-order valence-corrected chi connectivity index (χ1v) is 6.21. The summed E-state index contributed by atoms with van der Waals surface area (Å²) in [6, 6.07) is 3.13. The van der Waals surface area contributed by atoms with E-state index in [0.717, 1.165) is 12.8 Å². The number of hydrogen-bond donors (Lipinski definition) is 1. The third-order valence-electron chi connectivity index (χ3n) is 4.06. The van der Waals surface area contributed by atoms with Crippen molar-refractivity contribution in [2.75, 3.05) is 7.05 Å². The summed E-state index contributed by atoms with van der Waals surface area (Å²) >= 11 is 0. The molecule has 1 aliphatic carbocycles. The van der Waals surface area contributed by atoms with Gasteiger partial charge in [-0.3, -0.25) is 0 Å². The van der Waals surface area contributed by atoms with E-state index in [1.165, 1.54) is 12.1 Å². The third kappa shape index (κ3) is 2.08. The third-order valence-corrected chi connectivity index (χ3v) is 4.06. The van der Waals surface area contributed by atoms with Gasteiger partial charge >= 0.3 is 0 Å². The molecule has 1 nitrogen and oxygen atoms in total. The molecule has 2 rings (SSSR count). The highest BCUT2D eigenvalue weighted by molar-refractivity contribution is 5.31. The summed E-state index contributed by atoms with van der Waals surface area (Å²) in [5.41, 5.74) is 0.926. The van der Waals surface area contributed by atoms with Crippen molar-refractivity contribution in [3.05, 3.63) is 34.9 Å². The Kier molecular flexibility index (Phi) is 3.48. The lowest BCUT2D eigenvalue weighted by Crippen LogP contribution is -2.47. The van der Waals surface area contributed by atoms with Crippen molar-refractivity contribution >= 4 is 0 Å². The van der Waals surface area contributed by atoms with Crippen molar-refractivity contribution in [2.24, 2.45) is 5.92 Å². The molecule has 0 aromatic heterocycles. The fourth-order valence-corrected chi connectivity index (χ4v) is 2.91. The average Bonchev–Trinajstić information content (AvgIpc) is 2.25. The number of aryl methyl sites for hydroxylation is 1. The average molecular weight is 239 g/mol. The van der Waals surface area contributed by atoms with Crippen LogP contribution in [0.2, 0.25) is 0 Å². The molecule has 1 saturated carbocycles. The predicted octanol–water partition coefficient (Wildman–Crippen LogP) is 3.37. The molecule has 17 heavy (non-hydrogen) atoms. The Bertz CT molecular complexity index is 417. The Morgan fingerprint density at radius 3 is 2.59 bits per heavy atom. The molecule has 0 radical (unpaired) electrons. The van der Waals surface area contributed by atoms with Crippen LogP contribution in [-0.2, 0) is 0 Å². The van der Waals surface area contributed by atoms with E-state index in [9.17, 15) is 8.78 Å². The zero-order valence-electron chi connectivity index (χ0n) is 10.6. The van der Waals surface area contributed by atoms with Gasteiger partial charge in [-0.15, -0.1) is 0 Å². The quantitative estimate of drug-likeness (QED) is 0.852. The van der Waals surface area contributed by atoms with Crippen molar-refractivity contribution in [3.8, 4) is 0 Å². The molecule has 1 aromatic rings. The van der Waals surface area contributed by atoms with Crippen LogP contribution in [0.5, 0.6) is 0 Å². The second-order valence-electron chi connectivity index (χ2n) is 4.93. The summed E-state index contributed by atoms with van der Waals surface area (Å²) in [5, 5.41) is 3.23. The summed E-state index contributed by atoms with van der Waals surface area (Å²) in [7, 11) is 1.93. The molecule has 1 aliphatic rings. The summed E-state index contributed by atoms with van der Waals surface area (Å²) in [6.45, 7) is 3.69. The first-order valence-electron chi connectivity index (χ1n) is 6.21. The molecule has 0 saturated heterocycles. The summed E-state index contributed by atoms with van der Waals surface area (Å²) in [6.07, 6.45) is 1.89. The van der Waals surface area contributed by atoms with Crippen LogP contribution in [0.1, 0.15) is 36.8 Å². The van der Waals surface area contributed by atoms with Crippen LogP contribution in [-0.4, -0.2) is 13.1 Å². The van der Waals surface area contributed by atoms with E-state index in [1.807, 2.05) is 7.05 Å². The zero-order chi connectivity index (χ0) is 12.6. The molecule has 0 bridgehead atoms. The maximum atomic E-state index is 13.9. The predicted molar refractivity (Wildman–Crippen MR) is 65.1 cm³/mol. The number of benzene rings is 1. The van der Waals surface area contributed by atoms with E-state index in [4.69, 9.17) is 0 Å². The number of halogens is 2. The van der Waals surface area contributed by atoms with Gasteiger partial charge in [0.1, 0.15) is 11.6 Å². The highest BCUT2D eigenvalue weighted by atomic mass is 19.1. The minimum atomic E-state index is -0.302. The molecular formula is C14H19F2N.